The van der Waals surface area contributed by atoms with E-state index in [1.165, 1.54) is 0 Å². The highest BCUT2D eigenvalue weighted by molar-refractivity contribution is 8.54. The highest BCUT2D eigenvalue weighted by Crippen LogP contribution is 2.61. The van der Waals surface area contributed by atoms with Crippen molar-refractivity contribution < 1.29 is 18.1 Å². The van der Waals surface area contributed by atoms with Gasteiger partial charge in [-0.1, -0.05) is 5.16 Å². The average Bonchev–Trinajstić information content (AvgIpc) is 2.62. The molecule has 0 spiro atoms. The normalized spacial score (nSPS) is 11.9. The van der Waals surface area contributed by atoms with E-state index in [2.05, 4.69) is 10.1 Å². The number of aryl methyl sites for hydroxylation is 1. The van der Waals surface area contributed by atoms with E-state index < -0.39 is 6.80 Å². The fourth-order valence-corrected chi connectivity index (χ4v) is 4.11. The Balaban J connectivity index is 2.53. The van der Waals surface area contributed by atoms with Crippen molar-refractivity contribution >= 4 is 18.2 Å². The smallest absolute Gasteiger partial charge is 0.340 e. The summed E-state index contributed by atoms with van der Waals surface area (Å²) in [6.07, 6.45) is 0. The van der Waals surface area contributed by atoms with E-state index in [1.54, 1.807) is 20.8 Å². The first-order valence-electron chi connectivity index (χ1n) is 4.92. The number of nitrogens with zero attached hydrogens (tertiary/aromatic N) is 2. The standard InChI is InChI=1S/C8H15N2O4PS/c1-4-12-15(11,13-5-2)16-6-8-9-7(3)14-10-8/h4-6H2,1-3H3. The van der Waals surface area contributed by atoms with E-state index in [0.717, 1.165) is 11.4 Å². The average molecular weight is 266 g/mol. The van der Waals surface area contributed by atoms with Crippen LogP contribution in [0.25, 0.3) is 0 Å². The summed E-state index contributed by atoms with van der Waals surface area (Å²) in [5.41, 5.74) is 0. The molecule has 16 heavy (non-hydrogen) atoms. The van der Waals surface area contributed by atoms with Gasteiger partial charge in [0.1, 0.15) is 0 Å². The number of hydrogen-bond donors (Lipinski definition) is 0. The summed E-state index contributed by atoms with van der Waals surface area (Å²) in [6, 6.07) is 0. The molecule has 0 saturated heterocycles. The van der Waals surface area contributed by atoms with E-state index in [1.807, 2.05) is 0 Å². The highest BCUT2D eigenvalue weighted by Gasteiger charge is 2.25. The van der Waals surface area contributed by atoms with Crippen molar-refractivity contribution in [3.05, 3.63) is 11.7 Å². The van der Waals surface area contributed by atoms with Crippen molar-refractivity contribution in [1.82, 2.24) is 10.1 Å². The molecule has 0 fully saturated rings. The Morgan fingerprint density at radius 1 is 1.38 bits per heavy atom. The number of hydrogen-bond acceptors (Lipinski definition) is 7. The zero-order valence-electron chi connectivity index (χ0n) is 9.50. The van der Waals surface area contributed by atoms with E-state index in [4.69, 9.17) is 13.6 Å². The Hall–Kier alpha value is -0.360. The molecule has 1 heterocycles. The molecule has 0 radical (unpaired) electrons. The van der Waals surface area contributed by atoms with Gasteiger partial charge in [-0.25, -0.2) is 4.57 Å². The molecule has 0 unspecified atom stereocenters. The third-order valence-electron chi connectivity index (χ3n) is 1.50. The van der Waals surface area contributed by atoms with Gasteiger partial charge in [-0.3, -0.25) is 0 Å². The lowest BCUT2D eigenvalue weighted by atomic mass is 10.7. The maximum Gasteiger partial charge on any atom is 0.389 e. The molecule has 0 aliphatic carbocycles. The van der Waals surface area contributed by atoms with Crippen LogP contribution in [0.15, 0.2) is 4.52 Å². The molecule has 0 bridgehead atoms. The molecule has 6 nitrogen and oxygen atoms in total. The summed E-state index contributed by atoms with van der Waals surface area (Å²) in [7, 11) is 0. The van der Waals surface area contributed by atoms with Crippen molar-refractivity contribution in [3.8, 4) is 0 Å². The van der Waals surface area contributed by atoms with Crippen LogP contribution in [0.2, 0.25) is 0 Å². The predicted octanol–water partition coefficient (Wildman–Crippen LogP) is 2.79. The quantitative estimate of drug-likeness (QED) is 0.702. The maximum atomic E-state index is 12.0. The minimum absolute atomic E-state index is 0.342. The Morgan fingerprint density at radius 2 is 2.00 bits per heavy atom. The van der Waals surface area contributed by atoms with Crippen LogP contribution < -0.4 is 0 Å². The summed E-state index contributed by atoms with van der Waals surface area (Å²) < 4.78 is 27.0. The van der Waals surface area contributed by atoms with Gasteiger partial charge in [0.15, 0.2) is 5.82 Å². The number of aromatic nitrogens is 2. The molecule has 0 amide bonds. The van der Waals surface area contributed by atoms with E-state index >= 15 is 0 Å². The predicted molar refractivity (Wildman–Crippen MR) is 61.2 cm³/mol. The minimum atomic E-state index is -3.08. The Bertz CT molecular complexity index is 361. The highest BCUT2D eigenvalue weighted by atomic mass is 32.7. The monoisotopic (exact) mass is 266 g/mol. The van der Waals surface area contributed by atoms with Crippen molar-refractivity contribution in [2.24, 2.45) is 0 Å². The van der Waals surface area contributed by atoms with Crippen LogP contribution in [-0.4, -0.2) is 23.4 Å². The molecule has 0 aromatic carbocycles. The molecule has 1 aromatic heterocycles. The van der Waals surface area contributed by atoms with E-state index in [9.17, 15) is 4.57 Å². The van der Waals surface area contributed by atoms with Crippen LogP contribution in [0.5, 0.6) is 0 Å². The van der Waals surface area contributed by atoms with Gasteiger partial charge in [-0.05, 0) is 25.2 Å². The third kappa shape index (κ3) is 4.25. The van der Waals surface area contributed by atoms with Gasteiger partial charge in [0.05, 0.1) is 19.0 Å². The van der Waals surface area contributed by atoms with Crippen LogP contribution >= 0.6 is 18.2 Å². The van der Waals surface area contributed by atoms with Crippen LogP contribution in [0.4, 0.5) is 0 Å². The summed E-state index contributed by atoms with van der Waals surface area (Å²) in [5.74, 6) is 1.31. The van der Waals surface area contributed by atoms with Crippen LogP contribution in [-0.2, 0) is 19.4 Å². The van der Waals surface area contributed by atoms with Crippen molar-refractivity contribution in [2.75, 3.05) is 13.2 Å². The first-order valence-corrected chi connectivity index (χ1v) is 8.05. The lowest BCUT2D eigenvalue weighted by Gasteiger charge is -2.14. The van der Waals surface area contributed by atoms with Crippen molar-refractivity contribution in [2.45, 2.75) is 26.5 Å². The third-order valence-corrected chi connectivity index (χ3v) is 5.32. The van der Waals surface area contributed by atoms with Gasteiger partial charge in [0.25, 0.3) is 0 Å². The van der Waals surface area contributed by atoms with Gasteiger partial charge in [-0.15, -0.1) is 0 Å². The second kappa shape index (κ2) is 6.39. The molecule has 0 aliphatic heterocycles. The lowest BCUT2D eigenvalue weighted by Crippen LogP contribution is -1.93. The molecule has 1 aromatic rings. The molecule has 92 valence electrons. The molecule has 0 atom stereocenters. The first-order chi connectivity index (χ1) is 7.59. The molecule has 8 heteroatoms. The Labute approximate surface area is 98.4 Å². The molecule has 1 rings (SSSR count). The molecule has 0 aliphatic rings. The molecular weight excluding hydrogens is 251 g/mol. The van der Waals surface area contributed by atoms with Gasteiger partial charge in [0, 0.05) is 6.92 Å². The number of rotatable bonds is 7. The second-order valence-electron chi connectivity index (χ2n) is 2.79. The van der Waals surface area contributed by atoms with Crippen LogP contribution in [0.3, 0.4) is 0 Å². The summed E-state index contributed by atoms with van der Waals surface area (Å²) in [5, 5.41) is 3.70. The Kier molecular flexibility index (Phi) is 5.48. The zero-order valence-corrected chi connectivity index (χ0v) is 11.2. The van der Waals surface area contributed by atoms with Crippen LogP contribution in [0, 0.1) is 6.92 Å². The minimum Gasteiger partial charge on any atom is -0.340 e. The van der Waals surface area contributed by atoms with E-state index in [-0.39, 0.29) is 0 Å². The van der Waals surface area contributed by atoms with E-state index in [0.29, 0.717) is 30.7 Å². The summed E-state index contributed by atoms with van der Waals surface area (Å²) >= 11 is 1.07. The topological polar surface area (TPSA) is 74.5 Å². The molecule has 0 N–H and O–H groups in total. The van der Waals surface area contributed by atoms with Crippen LogP contribution in [0.1, 0.15) is 25.6 Å². The fraction of sp³-hybridized carbons (Fsp3) is 0.750. The van der Waals surface area contributed by atoms with Gasteiger partial charge >= 0.3 is 6.80 Å². The SMILES string of the molecule is CCOP(=O)(OCC)SCc1noc(C)n1. The lowest BCUT2D eigenvalue weighted by molar-refractivity contribution is 0.237. The first kappa shape index (κ1) is 13.7. The fourth-order valence-electron chi connectivity index (χ4n) is 0.965. The van der Waals surface area contributed by atoms with Gasteiger partial charge in [-0.2, -0.15) is 4.98 Å². The zero-order chi connectivity index (χ0) is 12.0. The van der Waals surface area contributed by atoms with Gasteiger partial charge < -0.3 is 13.6 Å². The molecular formula is C8H15N2O4PS. The van der Waals surface area contributed by atoms with Gasteiger partial charge in [0.2, 0.25) is 5.89 Å². The molecule has 0 saturated carbocycles. The Morgan fingerprint density at radius 3 is 2.44 bits per heavy atom. The summed E-state index contributed by atoms with van der Waals surface area (Å²) in [4.78, 5) is 4.00. The summed E-state index contributed by atoms with van der Waals surface area (Å²) in [6.45, 7) is 2.84. The van der Waals surface area contributed by atoms with Crippen molar-refractivity contribution in [1.29, 1.82) is 0 Å². The van der Waals surface area contributed by atoms with Crippen molar-refractivity contribution in [3.63, 3.8) is 0 Å². The largest absolute Gasteiger partial charge is 0.389 e. The second-order valence-corrected chi connectivity index (χ2v) is 6.86. The maximum absolute atomic E-state index is 12.0.